The van der Waals surface area contributed by atoms with E-state index in [0.29, 0.717) is 12.8 Å². The van der Waals surface area contributed by atoms with Gasteiger partial charge in [0, 0.05) is 0 Å². The van der Waals surface area contributed by atoms with Crippen molar-refractivity contribution in [2.45, 2.75) is 45.2 Å². The number of rotatable bonds is 2. The van der Waals surface area contributed by atoms with Crippen LogP contribution in [0.5, 0.6) is 5.75 Å². The Hall–Kier alpha value is -2.24. The van der Waals surface area contributed by atoms with Crippen LogP contribution < -0.4 is 5.73 Å². The molecule has 0 saturated carbocycles. The highest BCUT2D eigenvalue weighted by Gasteiger charge is 2.59. The number of aromatic hydroxyl groups is 1. The van der Waals surface area contributed by atoms with Crippen LogP contribution in [-0.2, 0) is 4.79 Å². The molecule has 2 rings (SSSR count). The molecule has 1 aromatic carbocycles. The topological polar surface area (TPSA) is 104 Å². The van der Waals surface area contributed by atoms with Gasteiger partial charge in [-0.3, -0.25) is 9.69 Å². The van der Waals surface area contributed by atoms with E-state index in [0.717, 1.165) is 5.56 Å². The van der Waals surface area contributed by atoms with E-state index < -0.39 is 29.0 Å². The number of phenols is 1. The first-order valence-corrected chi connectivity index (χ1v) is 7.22. The van der Waals surface area contributed by atoms with Crippen LogP contribution in [0, 0.1) is 5.41 Å². The SMILES string of the molecule is CC(C)(C)[C@]1(C(N)=O)CC[C@@H](c2ccc(O)cc2)N1C(=O)O. The van der Waals surface area contributed by atoms with Crippen molar-refractivity contribution in [1.82, 2.24) is 4.90 Å². The Morgan fingerprint density at radius 1 is 1.27 bits per heavy atom. The third-order valence-corrected chi connectivity index (χ3v) is 4.63. The molecule has 0 radical (unpaired) electrons. The van der Waals surface area contributed by atoms with Gasteiger partial charge in [-0.25, -0.2) is 4.79 Å². The van der Waals surface area contributed by atoms with Crippen molar-refractivity contribution in [1.29, 1.82) is 0 Å². The van der Waals surface area contributed by atoms with E-state index in [-0.39, 0.29) is 5.75 Å². The van der Waals surface area contributed by atoms with Crippen molar-refractivity contribution in [2.24, 2.45) is 11.1 Å². The maximum absolute atomic E-state index is 12.2. The van der Waals surface area contributed by atoms with Crippen molar-refractivity contribution >= 4 is 12.0 Å². The number of carbonyl (C=O) groups excluding carboxylic acids is 1. The first-order chi connectivity index (χ1) is 10.1. The second-order valence-corrected chi connectivity index (χ2v) is 6.77. The average Bonchev–Trinajstić information content (AvgIpc) is 2.80. The fourth-order valence-electron chi connectivity index (χ4n) is 3.52. The lowest BCUT2D eigenvalue weighted by atomic mass is 9.71. The summed E-state index contributed by atoms with van der Waals surface area (Å²) in [4.78, 5) is 25.3. The highest BCUT2D eigenvalue weighted by Crippen LogP contribution is 2.51. The van der Waals surface area contributed by atoms with Crippen LogP contribution >= 0.6 is 0 Å². The van der Waals surface area contributed by atoms with E-state index in [1.54, 1.807) is 12.1 Å². The Kier molecular flexibility index (Phi) is 3.81. The van der Waals surface area contributed by atoms with Gasteiger partial charge in [0.2, 0.25) is 5.91 Å². The molecule has 1 aromatic rings. The quantitative estimate of drug-likeness (QED) is 0.780. The number of phenolic OH excluding ortho intramolecular Hbond substituents is 1. The fourth-order valence-corrected chi connectivity index (χ4v) is 3.52. The van der Waals surface area contributed by atoms with E-state index >= 15 is 0 Å². The van der Waals surface area contributed by atoms with Crippen molar-refractivity contribution in [3.05, 3.63) is 29.8 Å². The van der Waals surface area contributed by atoms with E-state index in [9.17, 15) is 19.8 Å². The normalized spacial score (nSPS) is 25.2. The molecular weight excluding hydrogens is 284 g/mol. The molecule has 22 heavy (non-hydrogen) atoms. The molecule has 2 amide bonds. The number of hydrogen-bond donors (Lipinski definition) is 3. The summed E-state index contributed by atoms with van der Waals surface area (Å²) >= 11 is 0. The molecule has 0 unspecified atom stereocenters. The Morgan fingerprint density at radius 2 is 1.82 bits per heavy atom. The number of carboxylic acid groups (broad SMARTS) is 1. The van der Waals surface area contributed by atoms with Gasteiger partial charge in [-0.05, 0) is 36.0 Å². The number of nitrogens with two attached hydrogens (primary N) is 1. The Bertz CT molecular complexity index is 591. The van der Waals surface area contributed by atoms with Gasteiger partial charge < -0.3 is 15.9 Å². The molecule has 1 aliphatic heterocycles. The largest absolute Gasteiger partial charge is 0.508 e. The second kappa shape index (κ2) is 5.19. The fraction of sp³-hybridized carbons (Fsp3) is 0.500. The summed E-state index contributed by atoms with van der Waals surface area (Å²) in [6, 6.07) is 5.92. The summed E-state index contributed by atoms with van der Waals surface area (Å²) in [6.45, 7) is 5.48. The van der Waals surface area contributed by atoms with E-state index in [1.807, 2.05) is 20.8 Å². The van der Waals surface area contributed by atoms with Crippen molar-refractivity contribution in [2.75, 3.05) is 0 Å². The summed E-state index contributed by atoms with van der Waals surface area (Å²) in [5.41, 5.74) is 4.50. The van der Waals surface area contributed by atoms with Crippen molar-refractivity contribution in [3.63, 3.8) is 0 Å². The zero-order valence-corrected chi connectivity index (χ0v) is 13.0. The van der Waals surface area contributed by atoms with Crippen LogP contribution in [-0.4, -0.2) is 32.7 Å². The lowest BCUT2D eigenvalue weighted by molar-refractivity contribution is -0.135. The highest BCUT2D eigenvalue weighted by molar-refractivity contribution is 5.90. The molecule has 6 heteroatoms. The molecule has 0 spiro atoms. The van der Waals surface area contributed by atoms with Crippen LogP contribution in [0.2, 0.25) is 0 Å². The molecule has 2 atom stereocenters. The molecule has 1 saturated heterocycles. The number of hydrogen-bond acceptors (Lipinski definition) is 3. The molecule has 0 aliphatic carbocycles. The smallest absolute Gasteiger partial charge is 0.408 e. The molecule has 0 aromatic heterocycles. The van der Waals surface area contributed by atoms with Gasteiger partial charge in [0.05, 0.1) is 6.04 Å². The number of carbonyl (C=O) groups is 2. The van der Waals surface area contributed by atoms with Gasteiger partial charge >= 0.3 is 6.09 Å². The standard InChI is InChI=1S/C16H22N2O4/c1-15(2,3)16(13(17)20)9-8-12(18(16)14(21)22)10-4-6-11(19)7-5-10/h4-7,12,19H,8-9H2,1-3H3,(H2,17,20)(H,21,22)/t12-,16+/m0/s1. The number of benzene rings is 1. The van der Waals surface area contributed by atoms with Crippen LogP contribution in [0.1, 0.15) is 45.2 Å². The van der Waals surface area contributed by atoms with Gasteiger partial charge in [0.15, 0.2) is 0 Å². The summed E-state index contributed by atoms with van der Waals surface area (Å²) < 4.78 is 0. The summed E-state index contributed by atoms with van der Waals surface area (Å²) in [5, 5.41) is 19.1. The maximum Gasteiger partial charge on any atom is 0.408 e. The minimum atomic E-state index is -1.25. The molecule has 1 aliphatic rings. The summed E-state index contributed by atoms with van der Waals surface area (Å²) in [7, 11) is 0. The van der Waals surface area contributed by atoms with Crippen LogP contribution in [0.4, 0.5) is 4.79 Å². The molecule has 4 N–H and O–H groups in total. The minimum Gasteiger partial charge on any atom is -0.508 e. The van der Waals surface area contributed by atoms with Gasteiger partial charge in [-0.1, -0.05) is 32.9 Å². The molecule has 1 fully saturated rings. The zero-order chi connectivity index (χ0) is 16.7. The Morgan fingerprint density at radius 3 is 2.23 bits per heavy atom. The van der Waals surface area contributed by atoms with E-state index in [4.69, 9.17) is 5.73 Å². The molecular formula is C16H22N2O4. The van der Waals surface area contributed by atoms with E-state index in [1.165, 1.54) is 17.0 Å². The minimum absolute atomic E-state index is 0.112. The first-order valence-electron chi connectivity index (χ1n) is 7.22. The Labute approximate surface area is 129 Å². The monoisotopic (exact) mass is 306 g/mol. The lowest BCUT2D eigenvalue weighted by Gasteiger charge is -2.45. The molecule has 1 heterocycles. The van der Waals surface area contributed by atoms with Crippen molar-refractivity contribution < 1.29 is 19.8 Å². The predicted octanol–water partition coefficient (Wildman–Crippen LogP) is 2.48. The first kappa shape index (κ1) is 16.1. The Balaban J connectivity index is 2.54. The number of nitrogens with zero attached hydrogens (tertiary/aromatic N) is 1. The molecule has 120 valence electrons. The van der Waals surface area contributed by atoms with Gasteiger partial charge in [0.25, 0.3) is 0 Å². The number of primary amides is 1. The van der Waals surface area contributed by atoms with Crippen LogP contribution in [0.15, 0.2) is 24.3 Å². The lowest BCUT2D eigenvalue weighted by Crippen LogP contribution is -2.63. The van der Waals surface area contributed by atoms with Crippen LogP contribution in [0.3, 0.4) is 0 Å². The number of likely N-dealkylation sites (tertiary alicyclic amines) is 1. The zero-order valence-electron chi connectivity index (χ0n) is 13.0. The average molecular weight is 306 g/mol. The van der Waals surface area contributed by atoms with Gasteiger partial charge in [-0.2, -0.15) is 0 Å². The molecule has 0 bridgehead atoms. The summed E-state index contributed by atoms with van der Waals surface area (Å²) in [6.07, 6.45) is -0.273. The third kappa shape index (κ3) is 2.28. The van der Waals surface area contributed by atoms with Crippen LogP contribution in [0.25, 0.3) is 0 Å². The summed E-state index contributed by atoms with van der Waals surface area (Å²) in [5.74, 6) is -0.510. The maximum atomic E-state index is 12.2. The second-order valence-electron chi connectivity index (χ2n) is 6.77. The van der Waals surface area contributed by atoms with Crippen molar-refractivity contribution in [3.8, 4) is 5.75 Å². The van der Waals surface area contributed by atoms with E-state index in [2.05, 4.69) is 0 Å². The number of amides is 2. The van der Waals surface area contributed by atoms with Gasteiger partial charge in [0.1, 0.15) is 11.3 Å². The third-order valence-electron chi connectivity index (χ3n) is 4.63. The van der Waals surface area contributed by atoms with Gasteiger partial charge in [-0.15, -0.1) is 0 Å². The molecule has 6 nitrogen and oxygen atoms in total. The highest BCUT2D eigenvalue weighted by atomic mass is 16.4. The predicted molar refractivity (Wildman–Crippen MR) is 81.3 cm³/mol.